The van der Waals surface area contributed by atoms with Gasteiger partial charge in [0.15, 0.2) is 0 Å². The van der Waals surface area contributed by atoms with Crippen LogP contribution in [0.25, 0.3) is 0 Å². The van der Waals surface area contributed by atoms with E-state index < -0.39 is 0 Å². The summed E-state index contributed by atoms with van der Waals surface area (Å²) in [6.07, 6.45) is 9.47. The molecule has 2 rings (SSSR count). The highest BCUT2D eigenvalue weighted by atomic mass is 15.2. The van der Waals surface area contributed by atoms with Crippen molar-refractivity contribution in [1.29, 1.82) is 0 Å². The van der Waals surface area contributed by atoms with Crippen LogP contribution in [0.5, 0.6) is 0 Å². The van der Waals surface area contributed by atoms with Crippen molar-refractivity contribution in [3.05, 3.63) is 0 Å². The maximum Gasteiger partial charge on any atom is 0.0331 e. The van der Waals surface area contributed by atoms with Gasteiger partial charge in [-0.1, -0.05) is 34.1 Å². The molecule has 20 heavy (non-hydrogen) atoms. The van der Waals surface area contributed by atoms with Gasteiger partial charge < -0.3 is 5.73 Å². The van der Waals surface area contributed by atoms with Crippen molar-refractivity contribution >= 4 is 0 Å². The van der Waals surface area contributed by atoms with Gasteiger partial charge in [0.1, 0.15) is 0 Å². The second-order valence-corrected chi connectivity index (χ2v) is 8.16. The normalized spacial score (nSPS) is 35.4. The number of rotatable bonds is 4. The summed E-state index contributed by atoms with van der Waals surface area (Å²) in [5.41, 5.74) is 7.17. The molecule has 1 aliphatic carbocycles. The Labute approximate surface area is 126 Å². The van der Waals surface area contributed by atoms with Gasteiger partial charge in [-0.3, -0.25) is 4.90 Å². The Bertz CT molecular complexity index is 295. The number of hydrogen-bond acceptors (Lipinski definition) is 2. The second-order valence-electron chi connectivity index (χ2n) is 8.16. The molecule has 2 heteroatoms. The Morgan fingerprint density at radius 2 is 1.65 bits per heavy atom. The first-order valence-corrected chi connectivity index (χ1v) is 8.90. The van der Waals surface area contributed by atoms with Crippen molar-refractivity contribution in [3.63, 3.8) is 0 Å². The molecular formula is C18H36N2. The zero-order valence-electron chi connectivity index (χ0n) is 14.3. The highest BCUT2D eigenvalue weighted by Crippen LogP contribution is 2.42. The lowest BCUT2D eigenvalue weighted by Gasteiger charge is -2.52. The minimum atomic E-state index is 0.334. The van der Waals surface area contributed by atoms with E-state index in [1.165, 1.54) is 58.0 Å². The predicted octanol–water partition coefficient (Wildman–Crippen LogP) is 4.04. The van der Waals surface area contributed by atoms with Crippen LogP contribution in [0.15, 0.2) is 0 Å². The van der Waals surface area contributed by atoms with Gasteiger partial charge in [0.25, 0.3) is 0 Å². The molecule has 1 heterocycles. The van der Waals surface area contributed by atoms with Gasteiger partial charge in [-0.15, -0.1) is 0 Å². The average Bonchev–Trinajstić information content (AvgIpc) is 2.48. The Morgan fingerprint density at radius 1 is 1.10 bits per heavy atom. The molecule has 1 aliphatic heterocycles. The van der Waals surface area contributed by atoms with Crippen molar-refractivity contribution in [2.24, 2.45) is 23.0 Å². The third kappa shape index (κ3) is 3.22. The topological polar surface area (TPSA) is 29.3 Å². The van der Waals surface area contributed by atoms with Crippen molar-refractivity contribution in [2.75, 3.05) is 19.6 Å². The number of likely N-dealkylation sites (tertiary alicyclic amines) is 1. The van der Waals surface area contributed by atoms with E-state index in [1.54, 1.807) is 0 Å². The van der Waals surface area contributed by atoms with Crippen molar-refractivity contribution in [3.8, 4) is 0 Å². The fraction of sp³-hybridized carbons (Fsp3) is 1.00. The van der Waals surface area contributed by atoms with Crippen LogP contribution in [0, 0.1) is 17.3 Å². The molecule has 0 aromatic carbocycles. The van der Waals surface area contributed by atoms with Crippen LogP contribution in [0.4, 0.5) is 0 Å². The zero-order valence-corrected chi connectivity index (χ0v) is 14.3. The number of nitrogens with zero attached hydrogens (tertiary/aromatic N) is 1. The van der Waals surface area contributed by atoms with Crippen LogP contribution in [0.3, 0.4) is 0 Å². The molecule has 0 aromatic heterocycles. The van der Waals surface area contributed by atoms with Crippen molar-refractivity contribution in [1.82, 2.24) is 4.90 Å². The molecule has 0 spiro atoms. The second kappa shape index (κ2) is 6.36. The summed E-state index contributed by atoms with van der Waals surface area (Å²) >= 11 is 0. The summed E-state index contributed by atoms with van der Waals surface area (Å²) < 4.78 is 0. The molecule has 118 valence electrons. The molecule has 1 saturated carbocycles. The third-order valence-electron chi connectivity index (χ3n) is 6.78. The Hall–Kier alpha value is -0.0800. The van der Waals surface area contributed by atoms with Crippen LogP contribution >= 0.6 is 0 Å². The fourth-order valence-electron chi connectivity index (χ4n) is 4.37. The van der Waals surface area contributed by atoms with E-state index in [2.05, 4.69) is 32.6 Å². The van der Waals surface area contributed by atoms with Gasteiger partial charge in [-0.2, -0.15) is 0 Å². The largest absolute Gasteiger partial charge is 0.329 e. The zero-order chi connectivity index (χ0) is 14.8. The van der Waals surface area contributed by atoms with Crippen LogP contribution in [0.1, 0.15) is 72.6 Å². The van der Waals surface area contributed by atoms with E-state index in [0.717, 1.165) is 18.4 Å². The first kappa shape index (κ1) is 16.3. The van der Waals surface area contributed by atoms with Gasteiger partial charge in [-0.25, -0.2) is 0 Å². The molecule has 2 fully saturated rings. The SMILES string of the molecule is CCC1(C)CCN(C2(CN)CCC(C(C)C)CC2)CC1. The molecular weight excluding hydrogens is 244 g/mol. The molecule has 0 aromatic rings. The van der Waals surface area contributed by atoms with Gasteiger partial charge in [-0.05, 0) is 68.9 Å². The van der Waals surface area contributed by atoms with Gasteiger partial charge in [0, 0.05) is 12.1 Å². The molecule has 0 bridgehead atoms. The molecule has 1 saturated heterocycles. The summed E-state index contributed by atoms with van der Waals surface area (Å²) in [4.78, 5) is 2.76. The van der Waals surface area contributed by atoms with E-state index >= 15 is 0 Å². The maximum atomic E-state index is 6.25. The predicted molar refractivity (Wildman–Crippen MR) is 87.8 cm³/mol. The van der Waals surface area contributed by atoms with E-state index in [9.17, 15) is 0 Å². The molecule has 0 unspecified atom stereocenters. The summed E-state index contributed by atoms with van der Waals surface area (Å²) in [6, 6.07) is 0. The Balaban J connectivity index is 1.96. The minimum absolute atomic E-state index is 0.334. The first-order valence-electron chi connectivity index (χ1n) is 8.90. The fourth-order valence-corrected chi connectivity index (χ4v) is 4.37. The molecule has 0 radical (unpaired) electrons. The number of piperidine rings is 1. The van der Waals surface area contributed by atoms with Gasteiger partial charge >= 0.3 is 0 Å². The van der Waals surface area contributed by atoms with E-state index in [0.29, 0.717) is 11.0 Å². The lowest BCUT2D eigenvalue weighted by Crippen LogP contribution is -2.58. The van der Waals surface area contributed by atoms with Crippen molar-refractivity contribution in [2.45, 2.75) is 78.2 Å². The highest BCUT2D eigenvalue weighted by molar-refractivity contribution is 4.98. The quantitative estimate of drug-likeness (QED) is 0.842. The van der Waals surface area contributed by atoms with Crippen LogP contribution in [-0.4, -0.2) is 30.1 Å². The monoisotopic (exact) mass is 280 g/mol. The standard InChI is InChI=1S/C18H36N2/c1-5-17(4)10-12-20(13-11-17)18(14-19)8-6-16(7-9-18)15(2)3/h15-16H,5-14,19H2,1-4H3. The van der Waals surface area contributed by atoms with E-state index in [1.807, 2.05) is 0 Å². The maximum absolute atomic E-state index is 6.25. The molecule has 2 aliphatic rings. The highest BCUT2D eigenvalue weighted by Gasteiger charge is 2.42. The lowest BCUT2D eigenvalue weighted by atomic mass is 9.70. The Kier molecular flexibility index (Phi) is 5.18. The van der Waals surface area contributed by atoms with Crippen molar-refractivity contribution < 1.29 is 0 Å². The van der Waals surface area contributed by atoms with Gasteiger partial charge in [0.2, 0.25) is 0 Å². The molecule has 2 N–H and O–H groups in total. The summed E-state index contributed by atoms with van der Waals surface area (Å²) in [5.74, 6) is 1.77. The van der Waals surface area contributed by atoms with Crippen LogP contribution in [0.2, 0.25) is 0 Å². The molecule has 2 nitrogen and oxygen atoms in total. The molecule has 0 atom stereocenters. The third-order valence-corrected chi connectivity index (χ3v) is 6.78. The van der Waals surface area contributed by atoms with E-state index in [-0.39, 0.29) is 0 Å². The van der Waals surface area contributed by atoms with E-state index in [4.69, 9.17) is 5.73 Å². The summed E-state index contributed by atoms with van der Waals surface area (Å²) in [5, 5.41) is 0. The van der Waals surface area contributed by atoms with Crippen LogP contribution in [-0.2, 0) is 0 Å². The summed E-state index contributed by atoms with van der Waals surface area (Å²) in [7, 11) is 0. The smallest absolute Gasteiger partial charge is 0.0331 e. The summed E-state index contributed by atoms with van der Waals surface area (Å²) in [6.45, 7) is 13.0. The van der Waals surface area contributed by atoms with Gasteiger partial charge in [0.05, 0.1) is 0 Å². The number of hydrogen-bond donors (Lipinski definition) is 1. The lowest BCUT2D eigenvalue weighted by molar-refractivity contribution is -0.00905. The number of nitrogens with two attached hydrogens (primary N) is 1. The average molecular weight is 280 g/mol. The Morgan fingerprint density at radius 3 is 2.05 bits per heavy atom. The first-order chi connectivity index (χ1) is 9.45. The minimum Gasteiger partial charge on any atom is -0.329 e. The molecule has 0 amide bonds. The van der Waals surface area contributed by atoms with Crippen LogP contribution < -0.4 is 5.73 Å².